The van der Waals surface area contributed by atoms with E-state index in [9.17, 15) is 44.6 Å². The van der Waals surface area contributed by atoms with Crippen molar-refractivity contribution in [3.63, 3.8) is 0 Å². The highest BCUT2D eigenvalue weighted by Gasteiger charge is 2.37. The Kier molecular flexibility index (Phi) is 10.0. The number of aliphatic hydroxyl groups is 1. The van der Waals surface area contributed by atoms with E-state index in [-0.39, 0.29) is 29.7 Å². The van der Waals surface area contributed by atoms with Gasteiger partial charge < -0.3 is 15.2 Å². The van der Waals surface area contributed by atoms with Crippen LogP contribution in [-0.2, 0) is 18.9 Å². The van der Waals surface area contributed by atoms with Crippen LogP contribution < -0.4 is 10.1 Å². The normalized spacial score (nSPS) is 14.0. The van der Waals surface area contributed by atoms with Crippen molar-refractivity contribution < 1.29 is 49.4 Å². The summed E-state index contributed by atoms with van der Waals surface area (Å²) in [5.74, 6) is 0.538. The zero-order valence-electron chi connectivity index (χ0n) is 22.2. The van der Waals surface area contributed by atoms with Gasteiger partial charge in [0.2, 0.25) is 0 Å². The van der Waals surface area contributed by atoms with Gasteiger partial charge in [0.1, 0.15) is 5.75 Å². The minimum Gasteiger partial charge on any atom is -0.496 e. The first-order valence-electron chi connectivity index (χ1n) is 12.4. The third-order valence-electron chi connectivity index (χ3n) is 6.50. The van der Waals surface area contributed by atoms with Gasteiger partial charge in [0.05, 0.1) is 24.3 Å². The number of rotatable bonds is 10. The third-order valence-corrected chi connectivity index (χ3v) is 6.50. The minimum atomic E-state index is -5.09. The second-order valence-electron chi connectivity index (χ2n) is 9.75. The second kappa shape index (κ2) is 12.7. The Balaban J connectivity index is 1.96. The molecule has 0 aliphatic heterocycles. The first-order valence-corrected chi connectivity index (χ1v) is 12.4. The molecule has 2 N–H and O–H groups in total. The maximum Gasteiger partial charge on any atom is 0.416 e. The largest absolute Gasteiger partial charge is 0.496 e. The lowest BCUT2D eigenvalue weighted by molar-refractivity contribution is -0.143. The first-order chi connectivity index (χ1) is 19.0. The number of hydrogen-bond acceptors (Lipinski definition) is 3. The van der Waals surface area contributed by atoms with E-state index in [2.05, 4.69) is 5.32 Å². The predicted octanol–water partition coefficient (Wildman–Crippen LogP) is 8.62. The van der Waals surface area contributed by atoms with Crippen molar-refractivity contribution in [2.75, 3.05) is 13.7 Å². The molecule has 0 aliphatic carbocycles. The number of benzene rings is 3. The molecule has 3 aromatic carbocycles. The molecule has 0 radical (unpaired) electrons. The average molecular weight is 594 g/mol. The number of ether oxygens (including phenoxy) is 1. The topological polar surface area (TPSA) is 41.5 Å². The van der Waals surface area contributed by atoms with Crippen molar-refractivity contribution in [3.05, 3.63) is 88.0 Å². The summed E-state index contributed by atoms with van der Waals surface area (Å²) in [5, 5.41) is 13.2. The van der Waals surface area contributed by atoms with Gasteiger partial charge >= 0.3 is 12.4 Å². The van der Waals surface area contributed by atoms with Gasteiger partial charge in [-0.3, -0.25) is 0 Å². The van der Waals surface area contributed by atoms with E-state index >= 15 is 0 Å². The summed E-state index contributed by atoms with van der Waals surface area (Å²) >= 11 is 0. The molecule has 0 saturated carbocycles. The molecule has 224 valence electrons. The van der Waals surface area contributed by atoms with E-state index in [4.69, 9.17) is 4.74 Å². The van der Waals surface area contributed by atoms with Crippen LogP contribution in [0.25, 0.3) is 11.1 Å². The van der Waals surface area contributed by atoms with E-state index in [0.717, 1.165) is 5.56 Å². The van der Waals surface area contributed by atoms with Crippen molar-refractivity contribution in [2.45, 2.75) is 57.4 Å². The number of hydrogen-bond donors (Lipinski definition) is 2. The molecule has 0 amide bonds. The molecular formula is C29H28F9NO2. The van der Waals surface area contributed by atoms with Gasteiger partial charge in [-0.1, -0.05) is 38.1 Å². The summed E-state index contributed by atoms with van der Waals surface area (Å²) in [7, 11) is 1.43. The van der Waals surface area contributed by atoms with Crippen molar-refractivity contribution in [1.29, 1.82) is 0 Å². The summed E-state index contributed by atoms with van der Waals surface area (Å²) < 4.78 is 125. The van der Waals surface area contributed by atoms with Gasteiger partial charge in [-0.25, -0.2) is 13.2 Å². The zero-order valence-corrected chi connectivity index (χ0v) is 22.2. The standard InChI is InChI=1S/C29H28F9NO2/c1-15(2)16-5-7-25(41-3)23(11-16)22-6-4-17(26(30)27(31)32)8-19(22)13-39-14-24(40)18-9-20(28(33,34)35)12-21(10-18)29(36,37)38/h4-12,15,24,26-27,39-40H,13-14H2,1-3H3. The maximum absolute atomic E-state index is 14.2. The van der Waals surface area contributed by atoms with Crippen molar-refractivity contribution >= 4 is 0 Å². The highest BCUT2D eigenvalue weighted by Crippen LogP contribution is 2.39. The molecule has 12 heteroatoms. The maximum atomic E-state index is 14.2. The van der Waals surface area contributed by atoms with Crippen LogP contribution in [0.3, 0.4) is 0 Å². The van der Waals surface area contributed by atoms with Crippen LogP contribution in [0.5, 0.6) is 5.75 Å². The van der Waals surface area contributed by atoms with Crippen molar-refractivity contribution in [3.8, 4) is 16.9 Å². The van der Waals surface area contributed by atoms with Crippen LogP contribution >= 0.6 is 0 Å². The molecule has 0 bridgehead atoms. The first kappa shape index (κ1) is 32.3. The van der Waals surface area contributed by atoms with Gasteiger partial charge in [0, 0.05) is 18.7 Å². The van der Waals surface area contributed by atoms with Crippen LogP contribution in [0.15, 0.2) is 54.6 Å². The number of alkyl halides is 9. The zero-order chi connectivity index (χ0) is 30.7. The molecule has 3 rings (SSSR count). The monoisotopic (exact) mass is 593 g/mol. The fourth-order valence-electron chi connectivity index (χ4n) is 4.27. The molecule has 0 aromatic heterocycles. The Bertz CT molecular complexity index is 1300. The molecule has 41 heavy (non-hydrogen) atoms. The lowest BCUT2D eigenvalue weighted by Gasteiger charge is -2.20. The molecule has 2 unspecified atom stereocenters. The lowest BCUT2D eigenvalue weighted by atomic mass is 9.92. The Labute approximate surface area is 231 Å². The molecule has 0 aliphatic rings. The van der Waals surface area contributed by atoms with E-state index in [1.165, 1.54) is 25.3 Å². The quantitative estimate of drug-likeness (QED) is 0.231. The SMILES string of the molecule is COc1ccc(C(C)C)cc1-c1ccc(C(F)C(F)F)cc1CNCC(O)c1cc(C(F)(F)F)cc(C(F)(F)F)c1. The van der Waals surface area contributed by atoms with Crippen molar-refractivity contribution in [2.24, 2.45) is 0 Å². The Hall–Kier alpha value is -3.25. The smallest absolute Gasteiger partial charge is 0.416 e. The number of aliphatic hydroxyl groups excluding tert-OH is 1. The van der Waals surface area contributed by atoms with Gasteiger partial charge in [-0.05, 0) is 64.1 Å². The van der Waals surface area contributed by atoms with Crippen LogP contribution in [0.4, 0.5) is 39.5 Å². The Morgan fingerprint density at radius 2 is 1.34 bits per heavy atom. The minimum absolute atomic E-state index is 0.0452. The van der Waals surface area contributed by atoms with Crippen LogP contribution in [0, 0.1) is 0 Å². The van der Waals surface area contributed by atoms with Gasteiger partial charge in [0.15, 0.2) is 6.17 Å². The van der Waals surface area contributed by atoms with Gasteiger partial charge in [-0.2, -0.15) is 26.3 Å². The predicted molar refractivity (Wildman–Crippen MR) is 135 cm³/mol. The van der Waals surface area contributed by atoms with Crippen molar-refractivity contribution in [1.82, 2.24) is 5.32 Å². The molecular weight excluding hydrogens is 565 g/mol. The Morgan fingerprint density at radius 1 is 0.756 bits per heavy atom. The van der Waals surface area contributed by atoms with Gasteiger partial charge in [0.25, 0.3) is 6.43 Å². The molecule has 0 heterocycles. The van der Waals surface area contributed by atoms with Crippen LogP contribution in [0.1, 0.15) is 65.4 Å². The molecule has 0 spiro atoms. The summed E-state index contributed by atoms with van der Waals surface area (Å²) in [6.07, 6.45) is -17.9. The number of nitrogens with one attached hydrogen (secondary N) is 1. The van der Waals surface area contributed by atoms with E-state index < -0.39 is 54.3 Å². The third kappa shape index (κ3) is 7.94. The van der Waals surface area contributed by atoms with Crippen LogP contribution in [0.2, 0.25) is 0 Å². The number of halogens is 9. The fourth-order valence-corrected chi connectivity index (χ4v) is 4.27. The molecule has 3 nitrogen and oxygen atoms in total. The van der Waals surface area contributed by atoms with E-state index in [1.54, 1.807) is 6.07 Å². The summed E-state index contributed by atoms with van der Waals surface area (Å²) in [6, 6.07) is 10.00. The second-order valence-corrected chi connectivity index (χ2v) is 9.75. The lowest BCUT2D eigenvalue weighted by Crippen LogP contribution is -2.22. The summed E-state index contributed by atoms with van der Waals surface area (Å²) in [4.78, 5) is 0. The highest BCUT2D eigenvalue weighted by molar-refractivity contribution is 5.74. The van der Waals surface area contributed by atoms with E-state index in [0.29, 0.717) is 29.0 Å². The number of methoxy groups -OCH3 is 1. The summed E-state index contributed by atoms with van der Waals surface area (Å²) in [6.45, 7) is 3.20. The fraction of sp³-hybridized carbons (Fsp3) is 0.379. The molecule has 0 fully saturated rings. The highest BCUT2D eigenvalue weighted by atomic mass is 19.4. The van der Waals surface area contributed by atoms with E-state index in [1.807, 2.05) is 26.0 Å². The molecule has 3 aromatic rings. The molecule has 2 atom stereocenters. The average Bonchev–Trinajstić information content (AvgIpc) is 2.90. The molecule has 0 saturated heterocycles. The van der Waals surface area contributed by atoms with Gasteiger partial charge in [-0.15, -0.1) is 0 Å². The summed E-state index contributed by atoms with van der Waals surface area (Å²) in [5.41, 5.74) is -1.87. The van der Waals surface area contributed by atoms with Crippen LogP contribution in [-0.4, -0.2) is 25.2 Å². The Morgan fingerprint density at radius 3 is 1.85 bits per heavy atom.